The molecule has 0 unspecified atom stereocenters. The van der Waals surface area contributed by atoms with Crippen LogP contribution in [0.25, 0.3) is 0 Å². The molecule has 0 N–H and O–H groups in total. The van der Waals surface area contributed by atoms with Crippen LogP contribution in [0.3, 0.4) is 0 Å². The lowest BCUT2D eigenvalue weighted by molar-refractivity contribution is 0.225. The first-order valence-corrected chi connectivity index (χ1v) is 5.89. The summed E-state index contributed by atoms with van der Waals surface area (Å²) in [5, 5.41) is 8.78. The lowest BCUT2D eigenvalue weighted by Crippen LogP contribution is -2.25. The van der Waals surface area contributed by atoms with Crippen LogP contribution in [0.2, 0.25) is 0 Å². The zero-order valence-electron chi connectivity index (χ0n) is 10.0. The highest BCUT2D eigenvalue weighted by Gasteiger charge is 2.11. The van der Waals surface area contributed by atoms with Gasteiger partial charge in [0.15, 0.2) is 0 Å². The number of nitriles is 1. The van der Waals surface area contributed by atoms with E-state index in [0.717, 1.165) is 25.3 Å². The molecule has 0 saturated carbocycles. The van der Waals surface area contributed by atoms with Crippen molar-refractivity contribution in [1.82, 2.24) is 14.9 Å². The molecule has 0 aromatic carbocycles. The molecule has 2 heterocycles. The highest BCUT2D eigenvalue weighted by Crippen LogP contribution is 2.08. The van der Waals surface area contributed by atoms with Gasteiger partial charge in [-0.1, -0.05) is 0 Å². The van der Waals surface area contributed by atoms with Crippen molar-refractivity contribution >= 4 is 0 Å². The molecule has 5 heteroatoms. The Morgan fingerprint density at radius 1 is 1.41 bits per heavy atom. The first-order valence-electron chi connectivity index (χ1n) is 5.89. The molecule has 0 spiro atoms. The summed E-state index contributed by atoms with van der Waals surface area (Å²) in [6.45, 7) is 5.62. The van der Waals surface area contributed by atoms with Crippen LogP contribution in [0, 0.1) is 18.3 Å². The molecule has 1 aromatic heterocycles. The van der Waals surface area contributed by atoms with Gasteiger partial charge in [-0.25, -0.2) is 4.98 Å². The van der Waals surface area contributed by atoms with Gasteiger partial charge in [-0.15, -0.1) is 0 Å². The number of hydrogen-bond acceptors (Lipinski definition) is 5. The Kier molecular flexibility index (Phi) is 3.89. The maximum atomic E-state index is 8.78. The molecule has 0 amide bonds. The van der Waals surface area contributed by atoms with E-state index in [-0.39, 0.29) is 0 Å². The van der Waals surface area contributed by atoms with Crippen LogP contribution >= 0.6 is 0 Å². The Balaban J connectivity index is 1.85. The lowest BCUT2D eigenvalue weighted by atomic mass is 10.3. The van der Waals surface area contributed by atoms with Crippen LogP contribution in [-0.2, 0) is 0 Å². The molecule has 5 nitrogen and oxygen atoms in total. The maximum absolute atomic E-state index is 8.78. The Bertz CT molecular complexity index is 421. The fourth-order valence-electron chi connectivity index (χ4n) is 1.94. The average Bonchev–Trinajstić information content (AvgIpc) is 2.81. The van der Waals surface area contributed by atoms with Crippen LogP contribution in [0.1, 0.15) is 24.2 Å². The number of rotatable bonds is 4. The van der Waals surface area contributed by atoms with Gasteiger partial charge in [-0.3, -0.25) is 4.90 Å². The van der Waals surface area contributed by atoms with Crippen molar-refractivity contribution in [3.8, 4) is 12.1 Å². The van der Waals surface area contributed by atoms with Gasteiger partial charge in [0.25, 0.3) is 0 Å². The second-order valence-electron chi connectivity index (χ2n) is 4.19. The number of ether oxygens (including phenoxy) is 1. The standard InChI is InChI=1S/C12H16N4O/c1-10-8-11(9-13)15-12(14-10)17-7-6-16-4-2-3-5-16/h8H,2-7H2,1H3. The van der Waals surface area contributed by atoms with Crippen molar-refractivity contribution in [2.45, 2.75) is 19.8 Å². The first-order chi connectivity index (χ1) is 8.28. The Labute approximate surface area is 101 Å². The minimum absolute atomic E-state index is 0.306. The molecule has 1 aromatic rings. The average molecular weight is 232 g/mol. The molecule has 2 rings (SSSR count). The summed E-state index contributed by atoms with van der Waals surface area (Å²) < 4.78 is 5.48. The van der Waals surface area contributed by atoms with Crippen LogP contribution in [0.5, 0.6) is 6.01 Å². The van der Waals surface area contributed by atoms with Crippen molar-refractivity contribution < 1.29 is 4.74 Å². The second kappa shape index (κ2) is 5.60. The van der Waals surface area contributed by atoms with E-state index in [1.54, 1.807) is 6.07 Å². The Hall–Kier alpha value is -1.67. The Morgan fingerprint density at radius 2 is 2.18 bits per heavy atom. The topological polar surface area (TPSA) is 62.0 Å². The van der Waals surface area contributed by atoms with E-state index in [0.29, 0.717) is 18.3 Å². The van der Waals surface area contributed by atoms with Gasteiger partial charge in [0, 0.05) is 12.2 Å². The third-order valence-corrected chi connectivity index (χ3v) is 2.79. The van der Waals surface area contributed by atoms with E-state index in [4.69, 9.17) is 10.00 Å². The van der Waals surface area contributed by atoms with Crippen molar-refractivity contribution in [3.05, 3.63) is 17.5 Å². The van der Waals surface area contributed by atoms with Gasteiger partial charge in [0.1, 0.15) is 18.4 Å². The molecule has 17 heavy (non-hydrogen) atoms. The zero-order valence-corrected chi connectivity index (χ0v) is 10.0. The highest BCUT2D eigenvalue weighted by molar-refractivity contribution is 5.23. The fraction of sp³-hybridized carbons (Fsp3) is 0.583. The van der Waals surface area contributed by atoms with Crippen molar-refractivity contribution in [3.63, 3.8) is 0 Å². The van der Waals surface area contributed by atoms with Crippen LogP contribution in [-0.4, -0.2) is 41.1 Å². The maximum Gasteiger partial charge on any atom is 0.317 e. The van der Waals surface area contributed by atoms with Gasteiger partial charge in [0.2, 0.25) is 0 Å². The summed E-state index contributed by atoms with van der Waals surface area (Å²) >= 11 is 0. The molecule has 1 fully saturated rings. The smallest absolute Gasteiger partial charge is 0.317 e. The number of nitrogens with zero attached hydrogens (tertiary/aromatic N) is 4. The highest BCUT2D eigenvalue weighted by atomic mass is 16.5. The van der Waals surface area contributed by atoms with Gasteiger partial charge in [-0.2, -0.15) is 10.2 Å². The summed E-state index contributed by atoms with van der Waals surface area (Å²) in [5.41, 5.74) is 1.11. The summed E-state index contributed by atoms with van der Waals surface area (Å²) in [5.74, 6) is 0. The predicted octanol–water partition coefficient (Wildman–Crippen LogP) is 1.13. The van der Waals surface area contributed by atoms with Gasteiger partial charge >= 0.3 is 6.01 Å². The summed E-state index contributed by atoms with van der Waals surface area (Å²) in [7, 11) is 0. The van der Waals surface area contributed by atoms with Crippen molar-refractivity contribution in [2.75, 3.05) is 26.2 Å². The monoisotopic (exact) mass is 232 g/mol. The van der Waals surface area contributed by atoms with Gasteiger partial charge in [-0.05, 0) is 38.9 Å². The number of likely N-dealkylation sites (tertiary alicyclic amines) is 1. The molecule has 90 valence electrons. The molecule has 0 radical (unpaired) electrons. The van der Waals surface area contributed by atoms with Gasteiger partial charge < -0.3 is 4.74 Å². The fourth-order valence-corrected chi connectivity index (χ4v) is 1.94. The van der Waals surface area contributed by atoms with Crippen LogP contribution in [0.4, 0.5) is 0 Å². The number of hydrogen-bond donors (Lipinski definition) is 0. The zero-order chi connectivity index (χ0) is 12.1. The summed E-state index contributed by atoms with van der Waals surface area (Å²) in [4.78, 5) is 10.5. The van der Waals surface area contributed by atoms with Gasteiger partial charge in [0.05, 0.1) is 0 Å². The number of aryl methyl sites for hydroxylation is 1. The first kappa shape index (κ1) is 11.8. The number of aromatic nitrogens is 2. The molecule has 1 aliphatic heterocycles. The molecule has 1 aliphatic rings. The minimum Gasteiger partial charge on any atom is -0.462 e. The molecular weight excluding hydrogens is 216 g/mol. The summed E-state index contributed by atoms with van der Waals surface area (Å²) in [6.07, 6.45) is 2.55. The normalized spacial score (nSPS) is 15.8. The second-order valence-corrected chi connectivity index (χ2v) is 4.19. The largest absolute Gasteiger partial charge is 0.462 e. The minimum atomic E-state index is 0.306. The predicted molar refractivity (Wildman–Crippen MR) is 62.7 cm³/mol. The van der Waals surface area contributed by atoms with Crippen molar-refractivity contribution in [1.29, 1.82) is 5.26 Å². The van der Waals surface area contributed by atoms with Crippen molar-refractivity contribution in [2.24, 2.45) is 0 Å². The third-order valence-electron chi connectivity index (χ3n) is 2.79. The molecule has 1 saturated heterocycles. The SMILES string of the molecule is Cc1cc(C#N)nc(OCCN2CCCC2)n1. The molecule has 0 atom stereocenters. The van der Waals surface area contributed by atoms with E-state index < -0.39 is 0 Å². The molecule has 0 aliphatic carbocycles. The molecule has 0 bridgehead atoms. The van der Waals surface area contributed by atoms with Crippen LogP contribution in [0.15, 0.2) is 6.07 Å². The van der Waals surface area contributed by atoms with E-state index in [1.807, 2.05) is 13.0 Å². The molecular formula is C12H16N4O. The van der Waals surface area contributed by atoms with E-state index >= 15 is 0 Å². The Morgan fingerprint density at radius 3 is 2.88 bits per heavy atom. The summed E-state index contributed by atoms with van der Waals surface area (Å²) in [6, 6.07) is 3.95. The van der Waals surface area contributed by atoms with E-state index in [1.165, 1.54) is 12.8 Å². The van der Waals surface area contributed by atoms with E-state index in [2.05, 4.69) is 14.9 Å². The lowest BCUT2D eigenvalue weighted by Gasteiger charge is -2.14. The quantitative estimate of drug-likeness (QED) is 0.778. The van der Waals surface area contributed by atoms with Crippen LogP contribution < -0.4 is 4.74 Å². The van der Waals surface area contributed by atoms with E-state index in [9.17, 15) is 0 Å². The third kappa shape index (κ3) is 3.40.